The first-order chi connectivity index (χ1) is 12.1. The van der Waals surface area contributed by atoms with E-state index < -0.39 is 0 Å². The van der Waals surface area contributed by atoms with Gasteiger partial charge >= 0.3 is 0 Å². The summed E-state index contributed by atoms with van der Waals surface area (Å²) in [6.45, 7) is 8.57. The average Bonchev–Trinajstić information content (AvgIpc) is 2.62. The van der Waals surface area contributed by atoms with Gasteiger partial charge in [0.2, 0.25) is 5.91 Å². The summed E-state index contributed by atoms with van der Waals surface area (Å²) < 4.78 is 0. The van der Waals surface area contributed by atoms with Crippen LogP contribution in [0.5, 0.6) is 0 Å². The van der Waals surface area contributed by atoms with E-state index in [1.807, 2.05) is 12.1 Å². The fraction of sp³-hybridized carbons (Fsp3) is 0.476. The van der Waals surface area contributed by atoms with Crippen LogP contribution in [0.2, 0.25) is 0 Å². The maximum atomic E-state index is 12.3. The highest BCUT2D eigenvalue weighted by molar-refractivity contribution is 5.85. The van der Waals surface area contributed by atoms with E-state index in [2.05, 4.69) is 59.4 Å². The Morgan fingerprint density at radius 1 is 1.08 bits per heavy atom. The smallest absolute Gasteiger partial charge is 0.224 e. The van der Waals surface area contributed by atoms with Crippen LogP contribution in [0.1, 0.15) is 12.5 Å². The van der Waals surface area contributed by atoms with Crippen LogP contribution in [0.3, 0.4) is 0 Å². The van der Waals surface area contributed by atoms with Crippen LogP contribution in [0.25, 0.3) is 10.8 Å². The lowest BCUT2D eigenvalue weighted by atomic mass is 10.0. The molecule has 1 fully saturated rings. The fourth-order valence-electron chi connectivity index (χ4n) is 3.42. The molecule has 134 valence electrons. The van der Waals surface area contributed by atoms with Gasteiger partial charge in [-0.3, -0.25) is 4.79 Å². The Kier molecular flexibility index (Phi) is 6.05. The van der Waals surface area contributed by atoms with E-state index in [9.17, 15) is 4.79 Å². The van der Waals surface area contributed by atoms with Gasteiger partial charge in [0.05, 0.1) is 6.42 Å². The first-order valence-electron chi connectivity index (χ1n) is 9.25. The van der Waals surface area contributed by atoms with Gasteiger partial charge < -0.3 is 15.1 Å². The van der Waals surface area contributed by atoms with Crippen molar-refractivity contribution in [3.8, 4) is 0 Å². The molecular weight excluding hydrogens is 310 g/mol. The topological polar surface area (TPSA) is 35.6 Å². The Balaban J connectivity index is 1.43. The Morgan fingerprint density at radius 2 is 1.80 bits per heavy atom. The Labute approximate surface area is 150 Å². The maximum Gasteiger partial charge on any atom is 0.224 e. The SMILES string of the molecule is CC(CNC(=O)Cc1ccc2ccccc2c1)CN1CCN(C)CC1. The standard InChI is InChI=1S/C21H29N3O/c1-17(16-24-11-9-23(2)10-12-24)15-22-21(25)14-18-7-8-19-5-3-4-6-20(19)13-18/h3-8,13,17H,9-12,14-16H2,1-2H3,(H,22,25). The highest BCUT2D eigenvalue weighted by Crippen LogP contribution is 2.16. The summed E-state index contributed by atoms with van der Waals surface area (Å²) in [6.07, 6.45) is 0.450. The van der Waals surface area contributed by atoms with Crippen molar-refractivity contribution in [2.24, 2.45) is 5.92 Å². The molecule has 0 spiro atoms. The molecule has 0 bridgehead atoms. The second-order valence-corrected chi connectivity index (χ2v) is 7.37. The van der Waals surface area contributed by atoms with Gasteiger partial charge in [-0.05, 0) is 29.3 Å². The predicted molar refractivity (Wildman–Crippen MR) is 104 cm³/mol. The zero-order valence-corrected chi connectivity index (χ0v) is 15.4. The predicted octanol–water partition coefficient (Wildman–Crippen LogP) is 2.38. The molecule has 0 saturated carbocycles. The molecule has 0 aromatic heterocycles. The van der Waals surface area contributed by atoms with E-state index in [1.165, 1.54) is 10.8 Å². The number of fused-ring (bicyclic) bond motifs is 1. The second-order valence-electron chi connectivity index (χ2n) is 7.37. The minimum absolute atomic E-state index is 0.112. The van der Waals surface area contributed by atoms with E-state index in [0.29, 0.717) is 12.3 Å². The van der Waals surface area contributed by atoms with Gasteiger partial charge in [-0.25, -0.2) is 0 Å². The molecule has 1 aliphatic heterocycles. The summed E-state index contributed by atoms with van der Waals surface area (Å²) in [5.41, 5.74) is 1.07. The third kappa shape index (κ3) is 5.28. The monoisotopic (exact) mass is 339 g/mol. The maximum absolute atomic E-state index is 12.3. The molecule has 4 nitrogen and oxygen atoms in total. The minimum atomic E-state index is 0.112. The van der Waals surface area contributed by atoms with Crippen molar-refractivity contribution in [3.05, 3.63) is 48.0 Å². The average molecular weight is 339 g/mol. The molecular formula is C21H29N3O. The summed E-state index contributed by atoms with van der Waals surface area (Å²) >= 11 is 0. The zero-order chi connectivity index (χ0) is 17.6. The number of amides is 1. The van der Waals surface area contributed by atoms with Crippen molar-refractivity contribution in [1.82, 2.24) is 15.1 Å². The van der Waals surface area contributed by atoms with Crippen LogP contribution in [0.4, 0.5) is 0 Å². The van der Waals surface area contributed by atoms with Gasteiger partial charge in [0.25, 0.3) is 0 Å². The van der Waals surface area contributed by atoms with Crippen LogP contribution in [0.15, 0.2) is 42.5 Å². The van der Waals surface area contributed by atoms with Crippen LogP contribution in [-0.2, 0) is 11.2 Å². The normalized spacial score (nSPS) is 17.5. The molecule has 25 heavy (non-hydrogen) atoms. The van der Waals surface area contributed by atoms with E-state index in [0.717, 1.165) is 44.8 Å². The van der Waals surface area contributed by atoms with Gasteiger partial charge in [-0.2, -0.15) is 0 Å². The van der Waals surface area contributed by atoms with Gasteiger partial charge in [0, 0.05) is 39.3 Å². The number of carbonyl (C=O) groups is 1. The molecule has 2 aromatic carbocycles. The number of likely N-dealkylation sites (N-methyl/N-ethyl adjacent to an activating group) is 1. The Morgan fingerprint density at radius 3 is 2.56 bits per heavy atom. The molecule has 1 atom stereocenters. The summed E-state index contributed by atoms with van der Waals surface area (Å²) in [7, 11) is 2.17. The molecule has 4 heteroatoms. The van der Waals surface area contributed by atoms with Gasteiger partial charge in [0.15, 0.2) is 0 Å². The first-order valence-corrected chi connectivity index (χ1v) is 9.25. The van der Waals surface area contributed by atoms with Crippen molar-refractivity contribution in [1.29, 1.82) is 0 Å². The number of carbonyl (C=O) groups excluding carboxylic acids is 1. The number of nitrogens with one attached hydrogen (secondary N) is 1. The summed E-state index contributed by atoms with van der Waals surface area (Å²) in [5.74, 6) is 0.587. The van der Waals surface area contributed by atoms with Crippen LogP contribution < -0.4 is 5.32 Å². The Hall–Kier alpha value is -1.91. The second kappa shape index (κ2) is 8.45. The van der Waals surface area contributed by atoms with Gasteiger partial charge in [0.1, 0.15) is 0 Å². The number of hydrogen-bond acceptors (Lipinski definition) is 3. The van der Waals surface area contributed by atoms with Crippen LogP contribution in [-0.4, -0.2) is 62.0 Å². The number of rotatable bonds is 6. The lowest BCUT2D eigenvalue weighted by molar-refractivity contribution is -0.120. The molecule has 1 aliphatic rings. The van der Waals surface area contributed by atoms with Crippen molar-refractivity contribution in [3.63, 3.8) is 0 Å². The van der Waals surface area contributed by atoms with Crippen molar-refractivity contribution >= 4 is 16.7 Å². The summed E-state index contributed by atoms with van der Waals surface area (Å²) in [4.78, 5) is 17.1. The molecule has 3 rings (SSSR count). The molecule has 0 radical (unpaired) electrons. The van der Waals surface area contributed by atoms with Crippen molar-refractivity contribution < 1.29 is 4.79 Å². The van der Waals surface area contributed by atoms with Gasteiger partial charge in [-0.15, -0.1) is 0 Å². The largest absolute Gasteiger partial charge is 0.355 e. The summed E-state index contributed by atoms with van der Waals surface area (Å²) in [5, 5.41) is 5.51. The number of nitrogens with zero attached hydrogens (tertiary/aromatic N) is 2. The molecule has 1 heterocycles. The third-order valence-corrected chi connectivity index (χ3v) is 4.99. The summed E-state index contributed by atoms with van der Waals surface area (Å²) in [6, 6.07) is 14.5. The lowest BCUT2D eigenvalue weighted by Crippen LogP contribution is -2.47. The molecule has 1 unspecified atom stereocenters. The minimum Gasteiger partial charge on any atom is -0.355 e. The molecule has 2 aromatic rings. The first kappa shape index (κ1) is 17.9. The van der Waals surface area contributed by atoms with E-state index in [1.54, 1.807) is 0 Å². The van der Waals surface area contributed by atoms with Crippen LogP contribution in [0, 0.1) is 5.92 Å². The van der Waals surface area contributed by atoms with Crippen LogP contribution >= 0.6 is 0 Å². The molecule has 1 N–H and O–H groups in total. The van der Waals surface area contributed by atoms with Crippen molar-refractivity contribution in [2.75, 3.05) is 46.3 Å². The zero-order valence-electron chi connectivity index (χ0n) is 15.4. The number of piperazine rings is 1. The fourth-order valence-corrected chi connectivity index (χ4v) is 3.42. The lowest BCUT2D eigenvalue weighted by Gasteiger charge is -2.33. The highest BCUT2D eigenvalue weighted by Gasteiger charge is 2.16. The highest BCUT2D eigenvalue weighted by atomic mass is 16.1. The number of benzene rings is 2. The molecule has 0 aliphatic carbocycles. The van der Waals surface area contributed by atoms with E-state index in [-0.39, 0.29) is 5.91 Å². The molecule has 1 amide bonds. The van der Waals surface area contributed by atoms with Crippen molar-refractivity contribution in [2.45, 2.75) is 13.3 Å². The number of hydrogen-bond donors (Lipinski definition) is 1. The Bertz CT molecular complexity index is 707. The third-order valence-electron chi connectivity index (χ3n) is 4.99. The quantitative estimate of drug-likeness (QED) is 0.878. The molecule has 1 saturated heterocycles. The van der Waals surface area contributed by atoms with E-state index in [4.69, 9.17) is 0 Å². The van der Waals surface area contributed by atoms with E-state index >= 15 is 0 Å². The van der Waals surface area contributed by atoms with Gasteiger partial charge in [-0.1, -0.05) is 49.4 Å².